The van der Waals surface area contributed by atoms with Crippen LogP contribution in [0.3, 0.4) is 0 Å². The third kappa shape index (κ3) is 3.72. The van der Waals surface area contributed by atoms with Crippen molar-refractivity contribution in [3.63, 3.8) is 0 Å². The van der Waals surface area contributed by atoms with Crippen molar-refractivity contribution in [2.24, 2.45) is 11.8 Å². The number of benzene rings is 1. The number of nitrogens with zero attached hydrogens (tertiary/aromatic N) is 2. The fourth-order valence-corrected chi connectivity index (χ4v) is 3.64. The Hall–Kier alpha value is -2.24. The Labute approximate surface area is 148 Å². The number of carbonyl (C=O) groups excluding carboxylic acids is 2. The lowest BCUT2D eigenvalue weighted by Crippen LogP contribution is -2.48. The van der Waals surface area contributed by atoms with Gasteiger partial charge in [0.2, 0.25) is 11.8 Å². The smallest absolute Gasteiger partial charge is 0.229 e. The quantitative estimate of drug-likeness (QED) is 0.834. The highest BCUT2D eigenvalue weighted by molar-refractivity contribution is 5.82. The highest BCUT2D eigenvalue weighted by atomic mass is 16.5. The molecular formula is C19H26N2O4. The maximum atomic E-state index is 12.9. The van der Waals surface area contributed by atoms with E-state index in [0.717, 1.165) is 36.4 Å². The number of fused-ring (bicyclic) bond motifs is 1. The van der Waals surface area contributed by atoms with Crippen LogP contribution in [0.2, 0.25) is 0 Å². The molecular weight excluding hydrogens is 320 g/mol. The predicted octanol–water partition coefficient (Wildman–Crippen LogP) is 1.57. The third-order valence-corrected chi connectivity index (χ3v) is 5.05. The van der Waals surface area contributed by atoms with Crippen molar-refractivity contribution >= 4 is 11.8 Å². The van der Waals surface area contributed by atoms with Gasteiger partial charge in [-0.2, -0.15) is 0 Å². The molecule has 3 rings (SSSR count). The highest BCUT2D eigenvalue weighted by Gasteiger charge is 2.34. The second kappa shape index (κ2) is 7.33. The first kappa shape index (κ1) is 17.6. The number of piperidine rings is 1. The third-order valence-electron chi connectivity index (χ3n) is 5.05. The van der Waals surface area contributed by atoms with Gasteiger partial charge in [0.15, 0.2) is 0 Å². The van der Waals surface area contributed by atoms with Crippen LogP contribution in [-0.4, -0.2) is 62.5 Å². The lowest BCUT2D eigenvalue weighted by atomic mass is 9.92. The Balaban J connectivity index is 1.66. The van der Waals surface area contributed by atoms with Gasteiger partial charge in [-0.15, -0.1) is 0 Å². The number of carbonyl (C=O) groups is 2. The SMILES string of the molecule is COc1ccc2c(c1)OC[C@H](C(=O)N1CCC[C@@H](C(=O)N(C)C)C1)C2. The van der Waals surface area contributed by atoms with Gasteiger partial charge in [-0.05, 0) is 30.9 Å². The van der Waals surface area contributed by atoms with Gasteiger partial charge >= 0.3 is 0 Å². The van der Waals surface area contributed by atoms with Crippen LogP contribution in [0.4, 0.5) is 0 Å². The van der Waals surface area contributed by atoms with E-state index in [-0.39, 0.29) is 23.7 Å². The standard InChI is InChI=1S/C19H26N2O4/c1-20(2)18(22)14-5-4-8-21(11-14)19(23)15-9-13-6-7-16(24-3)10-17(13)25-12-15/h6-7,10,14-15H,4-5,8-9,11-12H2,1-3H3/t14-,15-/m1/s1. The Morgan fingerprint density at radius 1 is 1.28 bits per heavy atom. The Morgan fingerprint density at radius 3 is 2.80 bits per heavy atom. The minimum absolute atomic E-state index is 0.0891. The molecule has 2 heterocycles. The van der Waals surface area contributed by atoms with Crippen LogP contribution >= 0.6 is 0 Å². The molecule has 1 fully saturated rings. The molecule has 2 amide bonds. The molecule has 0 aromatic heterocycles. The van der Waals surface area contributed by atoms with E-state index in [1.807, 2.05) is 23.1 Å². The van der Waals surface area contributed by atoms with Gasteiger partial charge in [0, 0.05) is 33.3 Å². The topological polar surface area (TPSA) is 59.1 Å². The summed E-state index contributed by atoms with van der Waals surface area (Å²) in [5, 5.41) is 0. The summed E-state index contributed by atoms with van der Waals surface area (Å²) in [6, 6.07) is 5.71. The van der Waals surface area contributed by atoms with E-state index in [2.05, 4.69) is 0 Å². The molecule has 0 unspecified atom stereocenters. The highest BCUT2D eigenvalue weighted by Crippen LogP contribution is 2.32. The summed E-state index contributed by atoms with van der Waals surface area (Å²) in [5.74, 6) is 1.47. The number of ether oxygens (including phenoxy) is 2. The summed E-state index contributed by atoms with van der Waals surface area (Å²) in [4.78, 5) is 28.6. The van der Waals surface area contributed by atoms with Crippen LogP contribution in [0, 0.1) is 11.8 Å². The number of amides is 2. The summed E-state index contributed by atoms with van der Waals surface area (Å²) in [6.07, 6.45) is 2.39. The van der Waals surface area contributed by atoms with Crippen molar-refractivity contribution in [2.45, 2.75) is 19.3 Å². The molecule has 0 radical (unpaired) electrons. The number of methoxy groups -OCH3 is 1. The van der Waals surface area contributed by atoms with Crippen LogP contribution in [0.15, 0.2) is 18.2 Å². The maximum absolute atomic E-state index is 12.9. The minimum atomic E-state index is -0.186. The van der Waals surface area contributed by atoms with E-state index in [1.165, 1.54) is 0 Å². The van der Waals surface area contributed by atoms with Crippen molar-refractivity contribution in [3.05, 3.63) is 23.8 Å². The molecule has 6 nitrogen and oxygen atoms in total. The normalized spacial score (nSPS) is 22.6. The van der Waals surface area contributed by atoms with E-state index < -0.39 is 0 Å². The first-order chi connectivity index (χ1) is 12.0. The van der Waals surface area contributed by atoms with E-state index in [4.69, 9.17) is 9.47 Å². The number of hydrogen-bond donors (Lipinski definition) is 0. The van der Waals surface area contributed by atoms with Crippen molar-refractivity contribution in [3.8, 4) is 11.5 Å². The van der Waals surface area contributed by atoms with Crippen LogP contribution in [-0.2, 0) is 16.0 Å². The molecule has 25 heavy (non-hydrogen) atoms. The number of hydrogen-bond acceptors (Lipinski definition) is 4. The molecule has 0 bridgehead atoms. The van der Waals surface area contributed by atoms with Crippen molar-refractivity contribution in [1.82, 2.24) is 9.80 Å². The van der Waals surface area contributed by atoms with Crippen LogP contribution in [0.1, 0.15) is 18.4 Å². The first-order valence-electron chi connectivity index (χ1n) is 8.79. The molecule has 2 atom stereocenters. The summed E-state index contributed by atoms with van der Waals surface area (Å²) in [5.41, 5.74) is 1.03. The van der Waals surface area contributed by atoms with Crippen molar-refractivity contribution < 1.29 is 19.1 Å². The Morgan fingerprint density at radius 2 is 2.08 bits per heavy atom. The van der Waals surface area contributed by atoms with Gasteiger partial charge in [-0.3, -0.25) is 9.59 Å². The van der Waals surface area contributed by atoms with Gasteiger partial charge in [-0.25, -0.2) is 0 Å². The lowest BCUT2D eigenvalue weighted by molar-refractivity contribution is -0.142. The van der Waals surface area contributed by atoms with Crippen LogP contribution < -0.4 is 9.47 Å². The van der Waals surface area contributed by atoms with E-state index in [1.54, 1.807) is 26.1 Å². The molecule has 1 aromatic carbocycles. The molecule has 0 spiro atoms. The molecule has 1 saturated heterocycles. The second-order valence-electron chi connectivity index (χ2n) is 7.04. The van der Waals surface area contributed by atoms with Crippen molar-refractivity contribution in [1.29, 1.82) is 0 Å². The van der Waals surface area contributed by atoms with Gasteiger partial charge in [0.05, 0.1) is 18.9 Å². The monoisotopic (exact) mass is 346 g/mol. The average Bonchev–Trinajstić information content (AvgIpc) is 2.65. The van der Waals surface area contributed by atoms with Gasteiger partial charge < -0.3 is 19.3 Å². The fraction of sp³-hybridized carbons (Fsp3) is 0.579. The molecule has 1 aromatic rings. The van der Waals surface area contributed by atoms with E-state index in [0.29, 0.717) is 19.6 Å². The zero-order valence-corrected chi connectivity index (χ0v) is 15.2. The molecule has 2 aliphatic rings. The Bertz CT molecular complexity index is 659. The van der Waals surface area contributed by atoms with E-state index >= 15 is 0 Å². The van der Waals surface area contributed by atoms with Crippen molar-refractivity contribution in [2.75, 3.05) is 40.9 Å². The number of likely N-dealkylation sites (tertiary alicyclic amines) is 1. The number of rotatable bonds is 3. The zero-order chi connectivity index (χ0) is 18.0. The molecule has 6 heteroatoms. The largest absolute Gasteiger partial charge is 0.497 e. The summed E-state index contributed by atoms with van der Waals surface area (Å²) < 4.78 is 11.0. The fourth-order valence-electron chi connectivity index (χ4n) is 3.64. The predicted molar refractivity (Wildman–Crippen MR) is 93.7 cm³/mol. The van der Waals surface area contributed by atoms with Gasteiger partial charge in [-0.1, -0.05) is 6.07 Å². The van der Waals surface area contributed by atoms with Crippen LogP contribution in [0.5, 0.6) is 11.5 Å². The van der Waals surface area contributed by atoms with Crippen LogP contribution in [0.25, 0.3) is 0 Å². The minimum Gasteiger partial charge on any atom is -0.497 e. The lowest BCUT2D eigenvalue weighted by Gasteiger charge is -2.36. The molecule has 136 valence electrons. The zero-order valence-electron chi connectivity index (χ0n) is 15.2. The van der Waals surface area contributed by atoms with Gasteiger partial charge in [0.1, 0.15) is 18.1 Å². The molecule has 0 N–H and O–H groups in total. The first-order valence-corrected chi connectivity index (χ1v) is 8.79. The summed E-state index contributed by atoms with van der Waals surface area (Å²) in [7, 11) is 5.16. The second-order valence-corrected chi connectivity index (χ2v) is 7.04. The summed E-state index contributed by atoms with van der Waals surface area (Å²) >= 11 is 0. The van der Waals surface area contributed by atoms with E-state index in [9.17, 15) is 9.59 Å². The molecule has 0 saturated carbocycles. The Kier molecular flexibility index (Phi) is 5.16. The maximum Gasteiger partial charge on any atom is 0.229 e. The summed E-state index contributed by atoms with van der Waals surface area (Å²) in [6.45, 7) is 1.62. The molecule has 0 aliphatic carbocycles. The average molecular weight is 346 g/mol. The molecule has 2 aliphatic heterocycles. The van der Waals surface area contributed by atoms with Gasteiger partial charge in [0.25, 0.3) is 0 Å².